The highest BCUT2D eigenvalue weighted by Gasteiger charge is 2.38. The van der Waals surface area contributed by atoms with Crippen molar-refractivity contribution >= 4 is 11.9 Å². The van der Waals surface area contributed by atoms with Gasteiger partial charge in [-0.15, -0.1) is 0 Å². The first-order valence-corrected chi connectivity index (χ1v) is 7.21. The average molecular weight is 284 g/mol. The molecule has 2 aliphatic rings. The third kappa shape index (κ3) is 3.30. The number of nitrogens with zero attached hydrogens (tertiary/aromatic N) is 2. The van der Waals surface area contributed by atoms with E-state index in [0.29, 0.717) is 25.9 Å². The molecule has 2 unspecified atom stereocenters. The van der Waals surface area contributed by atoms with Gasteiger partial charge in [0.05, 0.1) is 0 Å². The molecule has 0 aromatic heterocycles. The summed E-state index contributed by atoms with van der Waals surface area (Å²) in [6.07, 6.45) is -0.458. The van der Waals surface area contributed by atoms with E-state index in [1.807, 2.05) is 0 Å². The summed E-state index contributed by atoms with van der Waals surface area (Å²) in [5.74, 6) is -1.03. The van der Waals surface area contributed by atoms with E-state index < -0.39 is 18.2 Å². The Morgan fingerprint density at radius 1 is 1.05 bits per heavy atom. The number of piperazine rings is 1. The monoisotopic (exact) mass is 284 g/mol. The lowest BCUT2D eigenvalue weighted by molar-refractivity contribution is -0.155. The summed E-state index contributed by atoms with van der Waals surface area (Å²) in [5, 5.41) is 8.89. The van der Waals surface area contributed by atoms with Crippen molar-refractivity contribution in [1.82, 2.24) is 9.80 Å². The summed E-state index contributed by atoms with van der Waals surface area (Å²) in [5.41, 5.74) is 0.118. The molecule has 2 aliphatic heterocycles. The number of aliphatic carboxylic acids is 1. The van der Waals surface area contributed by atoms with Crippen molar-refractivity contribution in [2.24, 2.45) is 0 Å². The van der Waals surface area contributed by atoms with E-state index in [1.54, 1.807) is 4.90 Å². The molecule has 20 heavy (non-hydrogen) atoms. The first-order valence-electron chi connectivity index (χ1n) is 7.21. The molecule has 6 heteroatoms. The fourth-order valence-corrected chi connectivity index (χ4v) is 2.80. The van der Waals surface area contributed by atoms with Crippen LogP contribution in [-0.4, -0.2) is 70.7 Å². The number of carbonyl (C=O) groups is 2. The van der Waals surface area contributed by atoms with Gasteiger partial charge in [-0.1, -0.05) is 0 Å². The second-order valence-electron chi connectivity index (χ2n) is 6.51. The molecule has 2 atom stereocenters. The van der Waals surface area contributed by atoms with E-state index in [9.17, 15) is 9.59 Å². The molecule has 2 heterocycles. The van der Waals surface area contributed by atoms with Gasteiger partial charge in [-0.05, 0) is 33.6 Å². The van der Waals surface area contributed by atoms with E-state index in [1.165, 1.54) is 0 Å². The summed E-state index contributed by atoms with van der Waals surface area (Å²) in [7, 11) is 0. The average Bonchev–Trinajstić information content (AvgIpc) is 2.86. The third-order valence-electron chi connectivity index (χ3n) is 4.11. The molecular weight excluding hydrogens is 260 g/mol. The van der Waals surface area contributed by atoms with Crippen molar-refractivity contribution in [3.05, 3.63) is 0 Å². The second-order valence-corrected chi connectivity index (χ2v) is 6.51. The Balaban J connectivity index is 1.85. The Morgan fingerprint density at radius 2 is 1.60 bits per heavy atom. The zero-order chi connectivity index (χ0) is 14.9. The molecule has 0 saturated carbocycles. The zero-order valence-electron chi connectivity index (χ0n) is 12.5. The molecule has 2 fully saturated rings. The van der Waals surface area contributed by atoms with Crippen molar-refractivity contribution in [3.63, 3.8) is 0 Å². The van der Waals surface area contributed by atoms with E-state index >= 15 is 0 Å². The van der Waals surface area contributed by atoms with Crippen LogP contribution in [0.5, 0.6) is 0 Å². The fraction of sp³-hybridized carbons (Fsp3) is 0.857. The third-order valence-corrected chi connectivity index (χ3v) is 4.11. The molecule has 0 radical (unpaired) electrons. The first-order chi connectivity index (χ1) is 9.29. The fourth-order valence-electron chi connectivity index (χ4n) is 2.80. The van der Waals surface area contributed by atoms with Crippen LogP contribution in [0.1, 0.15) is 33.6 Å². The topological polar surface area (TPSA) is 70.1 Å². The van der Waals surface area contributed by atoms with Crippen LogP contribution >= 0.6 is 0 Å². The maximum Gasteiger partial charge on any atom is 0.332 e. The summed E-state index contributed by atoms with van der Waals surface area (Å²) >= 11 is 0. The predicted molar refractivity (Wildman–Crippen MR) is 73.4 cm³/mol. The van der Waals surface area contributed by atoms with Gasteiger partial charge in [-0.25, -0.2) is 4.79 Å². The number of amides is 1. The minimum Gasteiger partial charge on any atom is -0.479 e. The standard InChI is InChI=1S/C14H24N2O4/c1-14(2,3)16-8-6-15(7-9-16)12(17)10-4-5-11(20-10)13(18)19/h10-11H,4-9H2,1-3H3,(H,18,19). The molecule has 2 rings (SSSR count). The van der Waals surface area contributed by atoms with Gasteiger partial charge in [-0.3, -0.25) is 9.69 Å². The Labute approximate surface area is 119 Å². The normalized spacial score (nSPS) is 28.6. The van der Waals surface area contributed by atoms with Gasteiger partial charge in [0.15, 0.2) is 6.10 Å². The van der Waals surface area contributed by atoms with Gasteiger partial charge in [0, 0.05) is 31.7 Å². The summed E-state index contributed by atoms with van der Waals surface area (Å²) in [6, 6.07) is 0. The summed E-state index contributed by atoms with van der Waals surface area (Å²) in [4.78, 5) is 27.3. The highest BCUT2D eigenvalue weighted by Crippen LogP contribution is 2.23. The Kier molecular flexibility index (Phi) is 4.34. The SMILES string of the molecule is CC(C)(C)N1CCN(C(=O)C2CCC(C(=O)O)O2)CC1. The summed E-state index contributed by atoms with van der Waals surface area (Å²) < 4.78 is 5.33. The maximum atomic E-state index is 12.3. The minimum atomic E-state index is -0.974. The first kappa shape index (κ1) is 15.3. The lowest BCUT2D eigenvalue weighted by Crippen LogP contribution is -2.56. The van der Waals surface area contributed by atoms with Gasteiger partial charge in [-0.2, -0.15) is 0 Å². The van der Waals surface area contributed by atoms with E-state index in [4.69, 9.17) is 9.84 Å². The molecule has 0 bridgehead atoms. The number of carboxylic acids is 1. The van der Waals surface area contributed by atoms with Crippen LogP contribution in [0.4, 0.5) is 0 Å². The molecule has 6 nitrogen and oxygen atoms in total. The van der Waals surface area contributed by atoms with Crippen LogP contribution in [0.3, 0.4) is 0 Å². The van der Waals surface area contributed by atoms with E-state index in [0.717, 1.165) is 13.1 Å². The van der Waals surface area contributed by atoms with Crippen molar-refractivity contribution < 1.29 is 19.4 Å². The Morgan fingerprint density at radius 3 is 2.05 bits per heavy atom. The minimum absolute atomic E-state index is 0.0534. The van der Waals surface area contributed by atoms with Gasteiger partial charge in [0.2, 0.25) is 0 Å². The van der Waals surface area contributed by atoms with Gasteiger partial charge >= 0.3 is 5.97 Å². The van der Waals surface area contributed by atoms with E-state index in [2.05, 4.69) is 25.7 Å². The number of hydrogen-bond acceptors (Lipinski definition) is 4. The number of ether oxygens (including phenoxy) is 1. The molecule has 114 valence electrons. The maximum absolute atomic E-state index is 12.3. The van der Waals surface area contributed by atoms with Gasteiger partial charge < -0.3 is 14.7 Å². The lowest BCUT2D eigenvalue weighted by atomic mass is 10.0. The predicted octanol–water partition coefficient (Wildman–Crippen LogP) is 0.561. The number of hydrogen-bond donors (Lipinski definition) is 1. The largest absolute Gasteiger partial charge is 0.479 e. The summed E-state index contributed by atoms with van der Waals surface area (Å²) in [6.45, 7) is 9.59. The zero-order valence-corrected chi connectivity index (χ0v) is 12.5. The van der Waals surface area contributed by atoms with Crippen molar-refractivity contribution in [3.8, 4) is 0 Å². The molecule has 0 aliphatic carbocycles. The van der Waals surface area contributed by atoms with Crippen LogP contribution < -0.4 is 0 Å². The molecule has 0 aromatic carbocycles. The second kappa shape index (κ2) is 5.69. The Bertz CT molecular complexity index is 383. The van der Waals surface area contributed by atoms with Crippen LogP contribution in [0, 0.1) is 0 Å². The van der Waals surface area contributed by atoms with Crippen molar-refractivity contribution in [1.29, 1.82) is 0 Å². The quantitative estimate of drug-likeness (QED) is 0.802. The van der Waals surface area contributed by atoms with E-state index in [-0.39, 0.29) is 11.4 Å². The molecule has 1 amide bonds. The van der Waals surface area contributed by atoms with Crippen molar-refractivity contribution in [2.75, 3.05) is 26.2 Å². The molecular formula is C14H24N2O4. The van der Waals surface area contributed by atoms with Crippen LogP contribution in [0.25, 0.3) is 0 Å². The smallest absolute Gasteiger partial charge is 0.332 e. The van der Waals surface area contributed by atoms with Gasteiger partial charge in [0.25, 0.3) is 5.91 Å². The van der Waals surface area contributed by atoms with Crippen LogP contribution in [0.2, 0.25) is 0 Å². The number of rotatable bonds is 2. The van der Waals surface area contributed by atoms with Crippen LogP contribution in [-0.2, 0) is 14.3 Å². The number of carboxylic acid groups (broad SMARTS) is 1. The Hall–Kier alpha value is -1.14. The van der Waals surface area contributed by atoms with Crippen molar-refractivity contribution in [2.45, 2.75) is 51.4 Å². The highest BCUT2D eigenvalue weighted by atomic mass is 16.5. The molecule has 2 saturated heterocycles. The highest BCUT2D eigenvalue weighted by molar-refractivity contribution is 5.82. The molecule has 0 aromatic rings. The van der Waals surface area contributed by atoms with Crippen LogP contribution in [0.15, 0.2) is 0 Å². The molecule has 0 spiro atoms. The van der Waals surface area contributed by atoms with Gasteiger partial charge in [0.1, 0.15) is 6.10 Å². The molecule has 1 N–H and O–H groups in total. The number of carbonyl (C=O) groups excluding carboxylic acids is 1. The lowest BCUT2D eigenvalue weighted by Gasteiger charge is -2.42.